The van der Waals surface area contributed by atoms with Crippen molar-refractivity contribution in [1.82, 2.24) is 5.32 Å². The Kier molecular flexibility index (Phi) is 5.65. The summed E-state index contributed by atoms with van der Waals surface area (Å²) in [5.41, 5.74) is -1.62. The molecule has 2 nitrogen and oxygen atoms in total. The number of hydrogen-bond acceptors (Lipinski definition) is 2. The molecule has 0 heterocycles. The average Bonchev–Trinajstić information content (AvgIpc) is 2.33. The topological polar surface area (TPSA) is 29.1 Å². The quantitative estimate of drug-likeness (QED) is 0.667. The number of amides is 1. The second-order valence-corrected chi connectivity index (χ2v) is 4.78. The highest BCUT2D eigenvalue weighted by Crippen LogP contribution is 2.30. The van der Waals surface area contributed by atoms with Crippen LogP contribution in [0, 0.1) is 5.82 Å². The highest BCUT2D eigenvalue weighted by atomic mass is 32.2. The minimum absolute atomic E-state index is 0.301. The molecule has 1 aromatic rings. The molecule has 1 aromatic carbocycles. The highest BCUT2D eigenvalue weighted by molar-refractivity contribution is 7.98. The van der Waals surface area contributed by atoms with Gasteiger partial charge in [0.1, 0.15) is 5.82 Å². The van der Waals surface area contributed by atoms with E-state index < -0.39 is 29.0 Å². The Morgan fingerprint density at radius 2 is 2.05 bits per heavy atom. The minimum atomic E-state index is -4.60. The number of carbonyl (C=O) groups is 1. The van der Waals surface area contributed by atoms with Crippen LogP contribution in [0.2, 0.25) is 0 Å². The second-order valence-electron chi connectivity index (χ2n) is 3.79. The standard InChI is InChI=1S/C12H13F4NOS/c1-19-6-2-5-17-11(18)9-7-8(12(14,15)16)3-4-10(9)13/h3-4,7H,2,5-6H2,1H3,(H,17,18). The monoisotopic (exact) mass is 295 g/mol. The van der Waals surface area contributed by atoms with Crippen LogP contribution in [0.3, 0.4) is 0 Å². The molecular weight excluding hydrogens is 282 g/mol. The molecule has 0 fully saturated rings. The summed E-state index contributed by atoms with van der Waals surface area (Å²) in [7, 11) is 0. The summed E-state index contributed by atoms with van der Waals surface area (Å²) >= 11 is 1.58. The molecule has 0 saturated heterocycles. The van der Waals surface area contributed by atoms with E-state index >= 15 is 0 Å². The summed E-state index contributed by atoms with van der Waals surface area (Å²) in [6.45, 7) is 0.301. The van der Waals surface area contributed by atoms with Gasteiger partial charge in [0.05, 0.1) is 11.1 Å². The van der Waals surface area contributed by atoms with Gasteiger partial charge in [0.2, 0.25) is 0 Å². The van der Waals surface area contributed by atoms with Gasteiger partial charge in [-0.3, -0.25) is 4.79 Å². The normalized spacial score (nSPS) is 11.4. The number of benzene rings is 1. The van der Waals surface area contributed by atoms with Crippen LogP contribution in [0.25, 0.3) is 0 Å². The van der Waals surface area contributed by atoms with Crippen molar-refractivity contribution in [2.24, 2.45) is 0 Å². The first-order valence-corrected chi connectivity index (χ1v) is 6.89. The van der Waals surface area contributed by atoms with Crippen LogP contribution in [0.4, 0.5) is 17.6 Å². The van der Waals surface area contributed by atoms with E-state index in [1.54, 1.807) is 11.8 Å². The number of thioether (sulfide) groups is 1. The summed E-state index contributed by atoms with van der Waals surface area (Å²) in [4.78, 5) is 11.6. The van der Waals surface area contributed by atoms with Crippen LogP contribution in [-0.2, 0) is 6.18 Å². The molecule has 0 unspecified atom stereocenters. The van der Waals surface area contributed by atoms with E-state index in [1.807, 2.05) is 6.26 Å². The van der Waals surface area contributed by atoms with Crippen LogP contribution >= 0.6 is 11.8 Å². The summed E-state index contributed by atoms with van der Waals surface area (Å²) < 4.78 is 50.7. The lowest BCUT2D eigenvalue weighted by molar-refractivity contribution is -0.137. The van der Waals surface area contributed by atoms with Gasteiger partial charge in [0, 0.05) is 6.54 Å². The zero-order valence-electron chi connectivity index (χ0n) is 10.2. The zero-order chi connectivity index (χ0) is 14.5. The molecule has 0 radical (unpaired) electrons. The Morgan fingerprint density at radius 1 is 1.37 bits per heavy atom. The van der Waals surface area contributed by atoms with Crippen molar-refractivity contribution >= 4 is 17.7 Å². The SMILES string of the molecule is CSCCCNC(=O)c1cc(C(F)(F)F)ccc1F. The van der Waals surface area contributed by atoms with E-state index in [9.17, 15) is 22.4 Å². The van der Waals surface area contributed by atoms with E-state index in [2.05, 4.69) is 5.32 Å². The zero-order valence-corrected chi connectivity index (χ0v) is 11.0. The van der Waals surface area contributed by atoms with Crippen LogP contribution in [0.5, 0.6) is 0 Å². The van der Waals surface area contributed by atoms with Gasteiger partial charge in [-0.1, -0.05) is 0 Å². The van der Waals surface area contributed by atoms with Crippen molar-refractivity contribution in [2.45, 2.75) is 12.6 Å². The average molecular weight is 295 g/mol. The summed E-state index contributed by atoms with van der Waals surface area (Å²) in [6, 6.07) is 1.79. The molecule has 0 saturated carbocycles. The lowest BCUT2D eigenvalue weighted by Gasteiger charge is -2.10. The molecule has 0 aliphatic rings. The molecule has 0 bridgehead atoms. The Balaban J connectivity index is 2.78. The maximum atomic E-state index is 13.4. The molecule has 0 spiro atoms. The van der Waals surface area contributed by atoms with Crippen molar-refractivity contribution in [1.29, 1.82) is 0 Å². The van der Waals surface area contributed by atoms with Crippen LogP contribution in [0.15, 0.2) is 18.2 Å². The van der Waals surface area contributed by atoms with E-state index in [1.165, 1.54) is 0 Å². The molecule has 19 heavy (non-hydrogen) atoms. The molecule has 1 rings (SSSR count). The van der Waals surface area contributed by atoms with Crippen molar-refractivity contribution in [3.05, 3.63) is 35.1 Å². The number of rotatable bonds is 5. The van der Waals surface area contributed by atoms with Crippen LogP contribution in [0.1, 0.15) is 22.3 Å². The summed E-state index contributed by atoms with van der Waals surface area (Å²) in [5.74, 6) is -0.981. The molecule has 106 valence electrons. The third-order valence-electron chi connectivity index (χ3n) is 2.35. The van der Waals surface area contributed by atoms with Crippen LogP contribution < -0.4 is 5.32 Å². The fraction of sp³-hybridized carbons (Fsp3) is 0.417. The first-order chi connectivity index (χ1) is 8.86. The van der Waals surface area contributed by atoms with Crippen LogP contribution in [-0.4, -0.2) is 24.5 Å². The molecule has 0 atom stereocenters. The van der Waals surface area contributed by atoms with Crippen molar-refractivity contribution in [2.75, 3.05) is 18.6 Å². The fourth-order valence-corrected chi connectivity index (χ4v) is 1.82. The van der Waals surface area contributed by atoms with Gasteiger partial charge in [0.25, 0.3) is 5.91 Å². The second kappa shape index (κ2) is 6.79. The van der Waals surface area contributed by atoms with E-state index in [-0.39, 0.29) is 0 Å². The number of hydrogen-bond donors (Lipinski definition) is 1. The van der Waals surface area contributed by atoms with Gasteiger partial charge in [-0.15, -0.1) is 0 Å². The maximum absolute atomic E-state index is 13.4. The Hall–Kier alpha value is -1.24. The van der Waals surface area contributed by atoms with Gasteiger partial charge in [0.15, 0.2) is 0 Å². The molecule has 7 heteroatoms. The first-order valence-electron chi connectivity index (χ1n) is 5.50. The Bertz CT molecular complexity index is 448. The maximum Gasteiger partial charge on any atom is 0.416 e. The minimum Gasteiger partial charge on any atom is -0.352 e. The fourth-order valence-electron chi connectivity index (χ4n) is 1.39. The molecule has 0 aliphatic heterocycles. The smallest absolute Gasteiger partial charge is 0.352 e. The Labute approximate surface area is 112 Å². The molecule has 0 aliphatic carbocycles. The lowest BCUT2D eigenvalue weighted by Crippen LogP contribution is -2.26. The van der Waals surface area contributed by atoms with Gasteiger partial charge in [-0.25, -0.2) is 4.39 Å². The molecular formula is C12H13F4NOS. The van der Waals surface area contributed by atoms with E-state index in [0.717, 1.165) is 5.75 Å². The van der Waals surface area contributed by atoms with Crippen molar-refractivity contribution < 1.29 is 22.4 Å². The third-order valence-corrected chi connectivity index (χ3v) is 3.05. The third kappa shape index (κ3) is 4.74. The number of nitrogens with one attached hydrogen (secondary N) is 1. The first kappa shape index (κ1) is 15.8. The van der Waals surface area contributed by atoms with Gasteiger partial charge < -0.3 is 5.32 Å². The van der Waals surface area contributed by atoms with Gasteiger partial charge >= 0.3 is 6.18 Å². The largest absolute Gasteiger partial charge is 0.416 e. The van der Waals surface area contributed by atoms with Gasteiger partial charge in [-0.05, 0) is 36.6 Å². The summed E-state index contributed by atoms with van der Waals surface area (Å²) in [6.07, 6.45) is -2.02. The number of carbonyl (C=O) groups excluding carboxylic acids is 1. The molecule has 0 aromatic heterocycles. The molecule has 1 N–H and O–H groups in total. The van der Waals surface area contributed by atoms with Crippen molar-refractivity contribution in [3.63, 3.8) is 0 Å². The lowest BCUT2D eigenvalue weighted by atomic mass is 10.1. The Morgan fingerprint density at radius 3 is 2.63 bits per heavy atom. The predicted molar refractivity (Wildman–Crippen MR) is 66.7 cm³/mol. The van der Waals surface area contributed by atoms with E-state index in [0.29, 0.717) is 31.2 Å². The number of halogens is 4. The van der Waals surface area contributed by atoms with Gasteiger partial charge in [-0.2, -0.15) is 24.9 Å². The van der Waals surface area contributed by atoms with E-state index in [4.69, 9.17) is 0 Å². The summed E-state index contributed by atoms with van der Waals surface area (Å²) in [5, 5.41) is 2.39. The predicted octanol–water partition coefficient (Wildman–Crippen LogP) is 3.33. The highest BCUT2D eigenvalue weighted by Gasteiger charge is 2.31. The number of alkyl halides is 3. The molecule has 1 amide bonds. The van der Waals surface area contributed by atoms with Crippen molar-refractivity contribution in [3.8, 4) is 0 Å².